The van der Waals surface area contributed by atoms with E-state index in [1.807, 2.05) is 6.07 Å². The first kappa shape index (κ1) is 26.0. The normalized spacial score (nSPS) is 12.9. The molecule has 1 aromatic heterocycles. The summed E-state index contributed by atoms with van der Waals surface area (Å²) < 4.78 is 6.59. The first-order valence-corrected chi connectivity index (χ1v) is 15.4. The standard InChI is InChI=1S/C42H36O/c1-41(2,3)28-12-9-11-25(21-28)35-24-36(34-15-10-14-33-30-13-7-8-16-37(30)43-40(33)34)32-20-18-27-23-29(42(4,5)6)22-26-17-19-31(35)39(32)38(26)27/h7-24H,1-6H3. The first-order chi connectivity index (χ1) is 20.6. The van der Waals surface area contributed by atoms with E-state index < -0.39 is 0 Å². The second-order valence-corrected chi connectivity index (χ2v) is 14.2. The molecule has 0 N–H and O–H groups in total. The van der Waals surface area contributed by atoms with Crippen molar-refractivity contribution in [2.24, 2.45) is 0 Å². The zero-order valence-electron chi connectivity index (χ0n) is 25.8. The van der Waals surface area contributed by atoms with Gasteiger partial charge in [0, 0.05) is 16.3 Å². The lowest BCUT2D eigenvalue weighted by Crippen LogP contribution is -2.11. The summed E-state index contributed by atoms with van der Waals surface area (Å²) in [6.07, 6.45) is 0. The van der Waals surface area contributed by atoms with Crippen molar-refractivity contribution in [2.45, 2.75) is 52.4 Å². The molecule has 0 spiro atoms. The van der Waals surface area contributed by atoms with Gasteiger partial charge in [0.15, 0.2) is 0 Å². The van der Waals surface area contributed by atoms with Gasteiger partial charge in [0.25, 0.3) is 0 Å². The molecule has 0 aliphatic rings. The van der Waals surface area contributed by atoms with E-state index in [2.05, 4.69) is 145 Å². The van der Waals surface area contributed by atoms with Crippen LogP contribution in [0.3, 0.4) is 0 Å². The van der Waals surface area contributed by atoms with E-state index >= 15 is 0 Å². The third kappa shape index (κ3) is 3.98. The van der Waals surface area contributed by atoms with Crippen LogP contribution in [-0.2, 0) is 10.8 Å². The van der Waals surface area contributed by atoms with Gasteiger partial charge in [-0.15, -0.1) is 0 Å². The van der Waals surface area contributed by atoms with E-state index in [1.54, 1.807) is 0 Å². The molecule has 0 amide bonds. The molecule has 0 saturated carbocycles. The molecule has 0 aliphatic carbocycles. The lowest BCUT2D eigenvalue weighted by atomic mass is 9.80. The van der Waals surface area contributed by atoms with E-state index in [9.17, 15) is 0 Å². The van der Waals surface area contributed by atoms with Crippen molar-refractivity contribution in [3.8, 4) is 22.3 Å². The van der Waals surface area contributed by atoms with Crippen LogP contribution in [0.2, 0.25) is 0 Å². The van der Waals surface area contributed by atoms with Crippen molar-refractivity contribution in [3.05, 3.63) is 120 Å². The van der Waals surface area contributed by atoms with Crippen molar-refractivity contribution in [3.63, 3.8) is 0 Å². The molecule has 1 heterocycles. The Labute approximate surface area is 253 Å². The Morgan fingerprint density at radius 2 is 1.09 bits per heavy atom. The fourth-order valence-electron chi connectivity index (χ4n) is 6.92. The van der Waals surface area contributed by atoms with Gasteiger partial charge in [0.2, 0.25) is 0 Å². The van der Waals surface area contributed by atoms with E-state index in [4.69, 9.17) is 4.42 Å². The summed E-state index contributed by atoms with van der Waals surface area (Å²) in [5.41, 5.74) is 9.57. The van der Waals surface area contributed by atoms with Gasteiger partial charge >= 0.3 is 0 Å². The topological polar surface area (TPSA) is 13.1 Å². The Hall–Kier alpha value is -4.62. The summed E-state index contributed by atoms with van der Waals surface area (Å²) in [5, 5.41) is 10.1. The van der Waals surface area contributed by atoms with Crippen LogP contribution >= 0.6 is 0 Å². The number of fused-ring (bicyclic) bond motifs is 3. The molecule has 8 rings (SSSR count). The predicted molar refractivity (Wildman–Crippen MR) is 186 cm³/mol. The quantitative estimate of drug-likeness (QED) is 0.193. The zero-order valence-corrected chi connectivity index (χ0v) is 25.8. The monoisotopic (exact) mass is 556 g/mol. The molecule has 0 unspecified atom stereocenters. The molecule has 0 bridgehead atoms. The van der Waals surface area contributed by atoms with Crippen LogP contribution in [0.5, 0.6) is 0 Å². The number of hydrogen-bond acceptors (Lipinski definition) is 1. The van der Waals surface area contributed by atoms with Crippen molar-refractivity contribution in [1.82, 2.24) is 0 Å². The van der Waals surface area contributed by atoms with Gasteiger partial charge in [0.1, 0.15) is 11.2 Å². The molecule has 7 aromatic carbocycles. The predicted octanol–water partition coefficient (Wildman–Crippen LogP) is 12.4. The van der Waals surface area contributed by atoms with Crippen LogP contribution < -0.4 is 0 Å². The fourth-order valence-corrected chi connectivity index (χ4v) is 6.92. The van der Waals surface area contributed by atoms with E-state index in [0.717, 1.165) is 27.5 Å². The fraction of sp³-hybridized carbons (Fsp3) is 0.190. The van der Waals surface area contributed by atoms with E-state index in [-0.39, 0.29) is 10.8 Å². The number of furan rings is 1. The minimum Gasteiger partial charge on any atom is -0.455 e. The first-order valence-electron chi connectivity index (χ1n) is 15.4. The molecule has 0 aliphatic heterocycles. The zero-order chi connectivity index (χ0) is 29.7. The maximum Gasteiger partial charge on any atom is 0.143 e. The Bertz CT molecular complexity index is 2330. The highest BCUT2D eigenvalue weighted by atomic mass is 16.3. The summed E-state index contributed by atoms with van der Waals surface area (Å²) in [7, 11) is 0. The molecule has 210 valence electrons. The van der Waals surface area contributed by atoms with Crippen molar-refractivity contribution >= 4 is 54.3 Å². The highest BCUT2D eigenvalue weighted by Crippen LogP contribution is 2.47. The molecule has 1 nitrogen and oxygen atoms in total. The number of hydrogen-bond donors (Lipinski definition) is 0. The van der Waals surface area contributed by atoms with Gasteiger partial charge in [-0.2, -0.15) is 0 Å². The van der Waals surface area contributed by atoms with Gasteiger partial charge in [-0.1, -0.05) is 139 Å². The van der Waals surface area contributed by atoms with Crippen LogP contribution in [0, 0.1) is 0 Å². The van der Waals surface area contributed by atoms with Gasteiger partial charge in [-0.05, 0) is 83.1 Å². The third-order valence-electron chi connectivity index (χ3n) is 9.32. The highest BCUT2D eigenvalue weighted by Gasteiger charge is 2.22. The molecule has 0 saturated heterocycles. The molecule has 0 atom stereocenters. The largest absolute Gasteiger partial charge is 0.455 e. The Balaban J connectivity index is 1.53. The average molecular weight is 557 g/mol. The summed E-state index contributed by atoms with van der Waals surface area (Å²) in [6, 6.07) is 40.6. The lowest BCUT2D eigenvalue weighted by molar-refractivity contribution is 0.590. The second kappa shape index (κ2) is 8.94. The molecule has 43 heavy (non-hydrogen) atoms. The van der Waals surface area contributed by atoms with Gasteiger partial charge in [-0.3, -0.25) is 0 Å². The number of para-hydroxylation sites is 2. The molecule has 8 aromatic rings. The second-order valence-electron chi connectivity index (χ2n) is 14.2. The van der Waals surface area contributed by atoms with Gasteiger partial charge in [-0.25, -0.2) is 0 Å². The SMILES string of the molecule is CC(C)(C)c1cccc(-c2cc(-c3cccc4c3oc3ccccc34)c3ccc4cc(C(C)(C)C)cc5ccc2c3c54)c1. The van der Waals surface area contributed by atoms with Crippen LogP contribution in [0.15, 0.2) is 114 Å². The van der Waals surface area contributed by atoms with Crippen LogP contribution in [0.1, 0.15) is 52.7 Å². The minimum atomic E-state index is 0.0614. The molecular formula is C42H36O. The van der Waals surface area contributed by atoms with Gasteiger partial charge in [0.05, 0.1) is 0 Å². The Morgan fingerprint density at radius 3 is 1.81 bits per heavy atom. The van der Waals surface area contributed by atoms with Crippen LogP contribution in [0.4, 0.5) is 0 Å². The maximum atomic E-state index is 6.59. The minimum absolute atomic E-state index is 0.0614. The van der Waals surface area contributed by atoms with Gasteiger partial charge < -0.3 is 4.42 Å². The summed E-state index contributed by atoms with van der Waals surface area (Å²) in [6.45, 7) is 13.8. The molecule has 1 heteroatoms. The number of benzene rings is 7. The Morgan fingerprint density at radius 1 is 0.442 bits per heavy atom. The van der Waals surface area contributed by atoms with Crippen LogP contribution in [0.25, 0.3) is 76.5 Å². The molecule has 0 fully saturated rings. The van der Waals surface area contributed by atoms with Crippen molar-refractivity contribution in [2.75, 3.05) is 0 Å². The smallest absolute Gasteiger partial charge is 0.143 e. The highest BCUT2D eigenvalue weighted by molar-refractivity contribution is 6.29. The van der Waals surface area contributed by atoms with Crippen LogP contribution in [-0.4, -0.2) is 0 Å². The van der Waals surface area contributed by atoms with E-state index in [1.165, 1.54) is 60.1 Å². The summed E-state index contributed by atoms with van der Waals surface area (Å²) >= 11 is 0. The van der Waals surface area contributed by atoms with Crippen molar-refractivity contribution < 1.29 is 4.42 Å². The van der Waals surface area contributed by atoms with Crippen molar-refractivity contribution in [1.29, 1.82) is 0 Å². The lowest BCUT2D eigenvalue weighted by Gasteiger charge is -2.23. The summed E-state index contributed by atoms with van der Waals surface area (Å²) in [4.78, 5) is 0. The third-order valence-corrected chi connectivity index (χ3v) is 9.32. The molecular weight excluding hydrogens is 520 g/mol. The average Bonchev–Trinajstić information content (AvgIpc) is 3.37. The number of rotatable bonds is 2. The maximum absolute atomic E-state index is 6.59. The van der Waals surface area contributed by atoms with E-state index in [0.29, 0.717) is 0 Å². The molecule has 0 radical (unpaired) electrons. The Kier molecular flexibility index (Phi) is 5.42. The summed E-state index contributed by atoms with van der Waals surface area (Å²) in [5.74, 6) is 0.